The van der Waals surface area contributed by atoms with Gasteiger partial charge in [0.1, 0.15) is 13.2 Å². The van der Waals surface area contributed by atoms with Gasteiger partial charge in [0.15, 0.2) is 17.2 Å². The molecule has 0 aliphatic heterocycles. The van der Waals surface area contributed by atoms with E-state index in [2.05, 4.69) is 29.2 Å². The molecule has 0 radical (unpaired) electrons. The number of nitrogens with one attached hydrogen (secondary N) is 1. The van der Waals surface area contributed by atoms with Gasteiger partial charge in [-0.15, -0.1) is 0 Å². The minimum Gasteiger partial charge on any atom is -0.493 e. The van der Waals surface area contributed by atoms with E-state index >= 15 is 0 Å². The maximum atomic E-state index is 12.5. The number of halogens is 2. The summed E-state index contributed by atoms with van der Waals surface area (Å²) in [5.74, 6) is 0.894. The van der Waals surface area contributed by atoms with Crippen LogP contribution in [-0.4, -0.2) is 25.8 Å². The van der Waals surface area contributed by atoms with Crippen molar-refractivity contribution in [2.24, 2.45) is 5.10 Å². The highest BCUT2D eigenvalue weighted by molar-refractivity contribution is 6.37. The van der Waals surface area contributed by atoms with Gasteiger partial charge < -0.3 is 14.2 Å². The molecule has 4 aromatic rings. The summed E-state index contributed by atoms with van der Waals surface area (Å²) in [5.41, 5.74) is 4.45. The van der Waals surface area contributed by atoms with E-state index in [9.17, 15) is 4.79 Å². The minimum atomic E-state index is -0.419. The van der Waals surface area contributed by atoms with Crippen LogP contribution in [0.15, 0.2) is 90.6 Å². The maximum absolute atomic E-state index is 12.5. The van der Waals surface area contributed by atoms with Crippen molar-refractivity contribution in [2.75, 3.05) is 13.7 Å². The van der Waals surface area contributed by atoms with Crippen molar-refractivity contribution in [3.8, 4) is 17.2 Å². The molecule has 0 heterocycles. The summed E-state index contributed by atoms with van der Waals surface area (Å²) in [5, 5.41) is 6.92. The number of carbonyl (C=O) groups excluding carboxylic acids is 1. The molecule has 4 aromatic carbocycles. The summed E-state index contributed by atoms with van der Waals surface area (Å²) in [6.45, 7) is 4.25. The van der Waals surface area contributed by atoms with Crippen LogP contribution in [0.2, 0.25) is 10.0 Å². The number of nitrogens with zero attached hydrogens (tertiary/aromatic N) is 1. The van der Waals surface area contributed by atoms with Crippen LogP contribution in [0.4, 0.5) is 0 Å². The molecule has 1 N–H and O–H groups in total. The molecule has 4 rings (SSSR count). The van der Waals surface area contributed by atoms with E-state index < -0.39 is 5.91 Å². The molecule has 37 heavy (non-hydrogen) atoms. The third-order valence-electron chi connectivity index (χ3n) is 5.43. The van der Waals surface area contributed by atoms with E-state index in [0.717, 1.165) is 16.3 Å². The van der Waals surface area contributed by atoms with E-state index in [1.54, 1.807) is 36.4 Å². The number of rotatable bonds is 10. The lowest BCUT2D eigenvalue weighted by Crippen LogP contribution is -2.17. The van der Waals surface area contributed by atoms with Crippen molar-refractivity contribution in [1.29, 1.82) is 0 Å². The van der Waals surface area contributed by atoms with Crippen molar-refractivity contribution in [2.45, 2.75) is 6.61 Å². The fraction of sp³-hybridized carbons (Fsp3) is 0.103. The third-order valence-corrected chi connectivity index (χ3v) is 6.00. The van der Waals surface area contributed by atoms with Gasteiger partial charge in [0.25, 0.3) is 5.91 Å². The standard InChI is InChI=1S/C29H24Cl2N2O4/c1-3-13-36-26-12-11-21(16-27(26)35-2)29(34)33-32-17-19-14-24(30)28(25(31)15-19)37-18-22-9-6-8-20-7-4-5-10-23(20)22/h3-12,14-17H,1,13,18H2,2H3,(H,33,34)/b32-17+. The molecule has 188 valence electrons. The number of ether oxygens (including phenoxy) is 3. The molecule has 0 aliphatic carbocycles. The summed E-state index contributed by atoms with van der Waals surface area (Å²) >= 11 is 12.9. The summed E-state index contributed by atoms with van der Waals surface area (Å²) in [6, 6.07) is 22.3. The first-order chi connectivity index (χ1) is 18.0. The van der Waals surface area contributed by atoms with Crippen LogP contribution in [0.1, 0.15) is 21.5 Å². The van der Waals surface area contributed by atoms with Crippen LogP contribution in [0.3, 0.4) is 0 Å². The van der Waals surface area contributed by atoms with Crippen LogP contribution in [-0.2, 0) is 6.61 Å². The number of hydrogen-bond donors (Lipinski definition) is 1. The first-order valence-electron chi connectivity index (χ1n) is 11.3. The quantitative estimate of drug-likeness (QED) is 0.134. The summed E-state index contributed by atoms with van der Waals surface area (Å²) in [4.78, 5) is 12.5. The molecule has 0 aliphatic rings. The molecule has 0 unspecified atom stereocenters. The number of hydrogen-bond acceptors (Lipinski definition) is 5. The summed E-state index contributed by atoms with van der Waals surface area (Å²) in [7, 11) is 1.50. The van der Waals surface area contributed by atoms with E-state index in [-0.39, 0.29) is 0 Å². The lowest BCUT2D eigenvalue weighted by molar-refractivity contribution is 0.0954. The molecule has 1 amide bonds. The van der Waals surface area contributed by atoms with Crippen molar-refractivity contribution < 1.29 is 19.0 Å². The number of hydrazone groups is 1. The molecule has 8 heteroatoms. The predicted molar refractivity (Wildman–Crippen MR) is 148 cm³/mol. The average molecular weight is 535 g/mol. The van der Waals surface area contributed by atoms with Gasteiger partial charge >= 0.3 is 0 Å². The number of amides is 1. The van der Waals surface area contributed by atoms with E-state index in [1.807, 2.05) is 30.3 Å². The van der Waals surface area contributed by atoms with Gasteiger partial charge in [-0.2, -0.15) is 5.10 Å². The second-order valence-electron chi connectivity index (χ2n) is 7.91. The van der Waals surface area contributed by atoms with E-state index in [1.165, 1.54) is 13.3 Å². The zero-order chi connectivity index (χ0) is 26.2. The first-order valence-corrected chi connectivity index (χ1v) is 12.1. The van der Waals surface area contributed by atoms with E-state index in [4.69, 9.17) is 37.4 Å². The topological polar surface area (TPSA) is 69.2 Å². The lowest BCUT2D eigenvalue weighted by atomic mass is 10.1. The molecule has 0 saturated heterocycles. The number of fused-ring (bicyclic) bond motifs is 1. The number of carbonyl (C=O) groups is 1. The smallest absolute Gasteiger partial charge is 0.271 e. The van der Waals surface area contributed by atoms with Crippen LogP contribution in [0, 0.1) is 0 Å². The SMILES string of the molecule is C=CCOc1ccc(C(=O)N/N=C/c2cc(Cl)c(OCc3cccc4ccccc34)c(Cl)c2)cc1OC. The zero-order valence-corrected chi connectivity index (χ0v) is 21.6. The highest BCUT2D eigenvalue weighted by Crippen LogP contribution is 2.35. The number of methoxy groups -OCH3 is 1. The van der Waals surface area contributed by atoms with Crippen LogP contribution in [0.25, 0.3) is 10.8 Å². The maximum Gasteiger partial charge on any atom is 0.271 e. The number of benzene rings is 4. The molecule has 0 bridgehead atoms. The van der Waals surface area contributed by atoms with Gasteiger partial charge in [-0.3, -0.25) is 4.79 Å². The van der Waals surface area contributed by atoms with Crippen LogP contribution >= 0.6 is 23.2 Å². The van der Waals surface area contributed by atoms with Crippen molar-refractivity contribution in [3.05, 3.63) is 112 Å². The second-order valence-corrected chi connectivity index (χ2v) is 8.72. The Morgan fingerprint density at radius 3 is 2.49 bits per heavy atom. The Kier molecular flexibility index (Phi) is 8.67. The Morgan fingerprint density at radius 2 is 1.73 bits per heavy atom. The third kappa shape index (κ3) is 6.42. The average Bonchev–Trinajstić information content (AvgIpc) is 2.91. The Morgan fingerprint density at radius 1 is 0.973 bits per heavy atom. The molecule has 0 spiro atoms. The highest BCUT2D eigenvalue weighted by atomic mass is 35.5. The van der Waals surface area contributed by atoms with Crippen LogP contribution in [0.5, 0.6) is 17.2 Å². The van der Waals surface area contributed by atoms with Crippen molar-refractivity contribution in [1.82, 2.24) is 5.43 Å². The Balaban J connectivity index is 1.41. The largest absolute Gasteiger partial charge is 0.493 e. The fourth-order valence-electron chi connectivity index (χ4n) is 3.67. The monoisotopic (exact) mass is 534 g/mol. The Labute approximate surface area is 225 Å². The molecule has 6 nitrogen and oxygen atoms in total. The minimum absolute atomic E-state index is 0.311. The molecule has 0 atom stereocenters. The first kappa shape index (κ1) is 26.1. The molecule has 0 fully saturated rings. The van der Waals surface area contributed by atoms with E-state index in [0.29, 0.717) is 51.6 Å². The predicted octanol–water partition coefficient (Wildman–Crippen LogP) is 7.06. The van der Waals surface area contributed by atoms with Gasteiger partial charge in [0, 0.05) is 5.56 Å². The van der Waals surface area contributed by atoms with Gasteiger partial charge in [0.2, 0.25) is 0 Å². The highest BCUT2D eigenvalue weighted by Gasteiger charge is 2.12. The molecular formula is C29H24Cl2N2O4. The molecule has 0 aromatic heterocycles. The Hall–Kier alpha value is -4.00. The summed E-state index contributed by atoms with van der Waals surface area (Å²) < 4.78 is 16.8. The van der Waals surface area contributed by atoms with Gasteiger partial charge in [0.05, 0.1) is 23.4 Å². The van der Waals surface area contributed by atoms with Gasteiger partial charge in [-0.1, -0.05) is 78.3 Å². The van der Waals surface area contributed by atoms with Gasteiger partial charge in [-0.25, -0.2) is 5.43 Å². The fourth-order valence-corrected chi connectivity index (χ4v) is 4.28. The molecule has 0 saturated carbocycles. The van der Waals surface area contributed by atoms with Crippen molar-refractivity contribution in [3.63, 3.8) is 0 Å². The zero-order valence-electron chi connectivity index (χ0n) is 20.0. The second kappa shape index (κ2) is 12.3. The van der Waals surface area contributed by atoms with Crippen molar-refractivity contribution >= 4 is 46.1 Å². The van der Waals surface area contributed by atoms with Crippen LogP contribution < -0.4 is 19.6 Å². The van der Waals surface area contributed by atoms with Gasteiger partial charge in [-0.05, 0) is 52.2 Å². The lowest BCUT2D eigenvalue weighted by Gasteiger charge is -2.12. The summed E-state index contributed by atoms with van der Waals surface area (Å²) in [6.07, 6.45) is 3.07. The Bertz CT molecular complexity index is 1440. The normalized spacial score (nSPS) is 10.9. The molecular weight excluding hydrogens is 511 g/mol.